The van der Waals surface area contributed by atoms with Gasteiger partial charge in [-0.25, -0.2) is 0 Å². The number of methoxy groups -OCH3 is 1. The monoisotopic (exact) mass is 250 g/mol. The number of carbonyl (C=O) groups is 1. The van der Waals surface area contributed by atoms with E-state index in [0.717, 1.165) is 11.3 Å². The highest BCUT2D eigenvalue weighted by Crippen LogP contribution is 2.18. The van der Waals surface area contributed by atoms with E-state index < -0.39 is 0 Å². The molecule has 2 unspecified atom stereocenters. The maximum Gasteiger partial charge on any atom is 0.251 e. The molecule has 0 aromatic heterocycles. The Hall–Kier alpha value is -1.55. The van der Waals surface area contributed by atoms with Crippen LogP contribution in [0.5, 0.6) is 0 Å². The van der Waals surface area contributed by atoms with Crippen LogP contribution in [0.15, 0.2) is 18.2 Å². The van der Waals surface area contributed by atoms with Crippen LogP contribution in [-0.2, 0) is 4.74 Å². The molecule has 0 radical (unpaired) electrons. The van der Waals surface area contributed by atoms with Crippen molar-refractivity contribution in [3.05, 3.63) is 29.3 Å². The average Bonchev–Trinajstić information content (AvgIpc) is 2.38. The molecule has 0 bridgehead atoms. The highest BCUT2D eigenvalue weighted by atomic mass is 16.5. The minimum Gasteiger partial charge on any atom is -0.380 e. The van der Waals surface area contributed by atoms with E-state index in [0.29, 0.717) is 5.56 Å². The first kappa shape index (κ1) is 14.5. The summed E-state index contributed by atoms with van der Waals surface area (Å²) in [4.78, 5) is 11.5. The molecular weight excluding hydrogens is 228 g/mol. The number of amides is 1. The maximum absolute atomic E-state index is 11.5. The molecular formula is C14H22N2O2. The smallest absolute Gasteiger partial charge is 0.251 e. The first-order chi connectivity index (χ1) is 8.49. The summed E-state index contributed by atoms with van der Waals surface area (Å²) in [5.74, 6) is -0.0667. The molecule has 1 aromatic rings. The molecule has 2 atom stereocenters. The van der Waals surface area contributed by atoms with Crippen molar-refractivity contribution in [1.29, 1.82) is 0 Å². The Bertz CT molecular complexity index is 418. The Kier molecular flexibility index (Phi) is 5.16. The molecule has 2 N–H and O–H groups in total. The van der Waals surface area contributed by atoms with Gasteiger partial charge in [0.15, 0.2) is 0 Å². The third-order valence-corrected chi connectivity index (χ3v) is 3.17. The molecule has 1 aromatic carbocycles. The fraction of sp³-hybridized carbons (Fsp3) is 0.500. The van der Waals surface area contributed by atoms with Gasteiger partial charge in [0, 0.05) is 31.5 Å². The van der Waals surface area contributed by atoms with Crippen LogP contribution < -0.4 is 10.6 Å². The molecule has 4 heteroatoms. The summed E-state index contributed by atoms with van der Waals surface area (Å²) < 4.78 is 5.28. The number of nitrogens with one attached hydrogen (secondary N) is 2. The molecule has 0 aliphatic carbocycles. The fourth-order valence-electron chi connectivity index (χ4n) is 1.68. The Balaban J connectivity index is 2.83. The lowest BCUT2D eigenvalue weighted by Gasteiger charge is -2.22. The zero-order valence-corrected chi connectivity index (χ0v) is 11.7. The molecule has 0 heterocycles. The summed E-state index contributed by atoms with van der Waals surface area (Å²) in [6, 6.07) is 5.84. The van der Waals surface area contributed by atoms with Crippen molar-refractivity contribution in [3.8, 4) is 0 Å². The van der Waals surface area contributed by atoms with Gasteiger partial charge in [0.1, 0.15) is 0 Å². The molecule has 100 valence electrons. The van der Waals surface area contributed by atoms with Gasteiger partial charge in [-0.15, -0.1) is 0 Å². The summed E-state index contributed by atoms with van der Waals surface area (Å²) in [5, 5.41) is 6.01. The Morgan fingerprint density at radius 2 is 2.00 bits per heavy atom. The van der Waals surface area contributed by atoms with Gasteiger partial charge in [0.25, 0.3) is 5.91 Å². The van der Waals surface area contributed by atoms with Crippen molar-refractivity contribution in [2.24, 2.45) is 0 Å². The second kappa shape index (κ2) is 6.40. The number of rotatable bonds is 5. The summed E-state index contributed by atoms with van der Waals surface area (Å²) in [6.07, 6.45) is 0.128. The second-order valence-corrected chi connectivity index (χ2v) is 4.48. The highest BCUT2D eigenvalue weighted by Gasteiger charge is 2.12. The number of hydrogen-bond donors (Lipinski definition) is 2. The van der Waals surface area contributed by atoms with E-state index in [1.807, 2.05) is 32.0 Å². The number of aryl methyl sites for hydroxylation is 1. The third kappa shape index (κ3) is 3.47. The Morgan fingerprint density at radius 1 is 1.33 bits per heavy atom. The molecule has 0 saturated carbocycles. The normalized spacial score (nSPS) is 13.8. The zero-order chi connectivity index (χ0) is 13.7. The van der Waals surface area contributed by atoms with Gasteiger partial charge < -0.3 is 15.4 Å². The van der Waals surface area contributed by atoms with E-state index in [1.165, 1.54) is 0 Å². The van der Waals surface area contributed by atoms with Crippen molar-refractivity contribution in [3.63, 3.8) is 0 Å². The first-order valence-electron chi connectivity index (χ1n) is 6.11. The van der Waals surface area contributed by atoms with E-state index in [9.17, 15) is 4.79 Å². The van der Waals surface area contributed by atoms with Crippen LogP contribution >= 0.6 is 0 Å². The van der Waals surface area contributed by atoms with E-state index in [1.54, 1.807) is 14.2 Å². The molecule has 0 aliphatic rings. The fourth-order valence-corrected chi connectivity index (χ4v) is 1.68. The minimum absolute atomic E-state index is 0.0667. The summed E-state index contributed by atoms with van der Waals surface area (Å²) in [7, 11) is 3.33. The van der Waals surface area contributed by atoms with Crippen molar-refractivity contribution >= 4 is 11.6 Å². The van der Waals surface area contributed by atoms with Crippen molar-refractivity contribution in [2.75, 3.05) is 19.5 Å². The van der Waals surface area contributed by atoms with Crippen LogP contribution in [0.25, 0.3) is 0 Å². The lowest BCUT2D eigenvalue weighted by Crippen LogP contribution is -2.30. The summed E-state index contributed by atoms with van der Waals surface area (Å²) >= 11 is 0. The van der Waals surface area contributed by atoms with Crippen molar-refractivity contribution in [1.82, 2.24) is 5.32 Å². The molecule has 4 nitrogen and oxygen atoms in total. The molecule has 1 rings (SSSR count). The number of carbonyl (C=O) groups excluding carboxylic acids is 1. The summed E-state index contributed by atoms with van der Waals surface area (Å²) in [5.41, 5.74) is 2.75. The maximum atomic E-state index is 11.5. The molecule has 0 spiro atoms. The molecule has 1 amide bonds. The second-order valence-electron chi connectivity index (χ2n) is 4.48. The summed E-state index contributed by atoms with van der Waals surface area (Å²) in [6.45, 7) is 6.07. The highest BCUT2D eigenvalue weighted by molar-refractivity contribution is 5.94. The molecule has 0 saturated heterocycles. The van der Waals surface area contributed by atoms with E-state index in [2.05, 4.69) is 17.6 Å². The lowest BCUT2D eigenvalue weighted by molar-refractivity contribution is 0.0963. The predicted molar refractivity (Wildman–Crippen MR) is 74.1 cm³/mol. The predicted octanol–water partition coefficient (Wildman–Crippen LogP) is 2.19. The topological polar surface area (TPSA) is 50.4 Å². The van der Waals surface area contributed by atoms with Gasteiger partial charge in [-0.1, -0.05) is 0 Å². The van der Waals surface area contributed by atoms with Crippen molar-refractivity contribution in [2.45, 2.75) is 32.9 Å². The molecule has 18 heavy (non-hydrogen) atoms. The average molecular weight is 250 g/mol. The minimum atomic E-state index is -0.0667. The van der Waals surface area contributed by atoms with Crippen LogP contribution in [-0.4, -0.2) is 32.2 Å². The zero-order valence-electron chi connectivity index (χ0n) is 11.7. The Morgan fingerprint density at radius 3 is 2.50 bits per heavy atom. The van der Waals surface area contributed by atoms with E-state index >= 15 is 0 Å². The van der Waals surface area contributed by atoms with Gasteiger partial charge in [0.05, 0.1) is 6.10 Å². The Labute approximate surface area is 109 Å². The van der Waals surface area contributed by atoms with Gasteiger partial charge >= 0.3 is 0 Å². The first-order valence-corrected chi connectivity index (χ1v) is 6.11. The number of ether oxygens (including phenoxy) is 1. The van der Waals surface area contributed by atoms with Gasteiger partial charge in [-0.3, -0.25) is 4.79 Å². The number of anilines is 1. The van der Waals surface area contributed by atoms with Crippen LogP contribution in [0, 0.1) is 6.92 Å². The van der Waals surface area contributed by atoms with Gasteiger partial charge in [-0.2, -0.15) is 0 Å². The standard InChI is InChI=1S/C14H22N2O2/c1-9-8-12(14(17)15-4)6-7-13(9)16-10(2)11(3)18-5/h6-8,10-11,16H,1-5H3,(H,15,17). The van der Waals surface area contributed by atoms with Gasteiger partial charge in [0.2, 0.25) is 0 Å². The van der Waals surface area contributed by atoms with Crippen LogP contribution in [0.4, 0.5) is 5.69 Å². The van der Waals surface area contributed by atoms with Crippen LogP contribution in [0.2, 0.25) is 0 Å². The SMILES string of the molecule is CNC(=O)c1ccc(NC(C)C(C)OC)c(C)c1. The molecule has 0 aliphatic heterocycles. The third-order valence-electron chi connectivity index (χ3n) is 3.17. The van der Waals surface area contributed by atoms with Crippen LogP contribution in [0.1, 0.15) is 29.8 Å². The van der Waals surface area contributed by atoms with Crippen molar-refractivity contribution < 1.29 is 9.53 Å². The quantitative estimate of drug-likeness (QED) is 0.842. The lowest BCUT2D eigenvalue weighted by atomic mass is 10.1. The molecule has 0 fully saturated rings. The van der Waals surface area contributed by atoms with E-state index in [4.69, 9.17) is 4.74 Å². The number of hydrogen-bond acceptors (Lipinski definition) is 3. The number of benzene rings is 1. The van der Waals surface area contributed by atoms with Gasteiger partial charge in [-0.05, 0) is 44.5 Å². The van der Waals surface area contributed by atoms with E-state index in [-0.39, 0.29) is 18.1 Å². The largest absolute Gasteiger partial charge is 0.380 e. The van der Waals surface area contributed by atoms with Crippen LogP contribution in [0.3, 0.4) is 0 Å².